The molecule has 128 valence electrons. The molecule has 0 saturated carbocycles. The molecule has 0 fully saturated rings. The van der Waals surface area contributed by atoms with Crippen molar-refractivity contribution in [1.29, 1.82) is 0 Å². The number of aromatic nitrogens is 2. The number of amides is 1. The first kappa shape index (κ1) is 18.4. The molecular weight excluding hydrogens is 350 g/mol. The second-order valence-electron chi connectivity index (χ2n) is 4.90. The van der Waals surface area contributed by atoms with Crippen LogP contribution in [0.1, 0.15) is 10.5 Å². The third kappa shape index (κ3) is 3.92. The summed E-state index contributed by atoms with van der Waals surface area (Å²) in [5.74, 6) is -0.419. The van der Waals surface area contributed by atoms with Gasteiger partial charge in [0, 0.05) is 25.1 Å². The summed E-state index contributed by atoms with van der Waals surface area (Å²) in [7, 11) is -0.416. The predicted octanol–water partition coefficient (Wildman–Crippen LogP) is 1.90. The van der Waals surface area contributed by atoms with Crippen LogP contribution in [0.3, 0.4) is 0 Å². The highest BCUT2D eigenvalue weighted by Gasteiger charge is 2.20. The van der Waals surface area contributed by atoms with Gasteiger partial charge in [0.2, 0.25) is 0 Å². The van der Waals surface area contributed by atoms with Crippen LogP contribution in [0.5, 0.6) is 0 Å². The summed E-state index contributed by atoms with van der Waals surface area (Å²) in [6, 6.07) is 6.22. The van der Waals surface area contributed by atoms with Crippen molar-refractivity contribution in [2.75, 3.05) is 26.7 Å². The SMILES string of the molecule is CON(C)C(=O)c1nc(SC)ncc1-c1ccc(S(C)(=O)=O)cc1. The lowest BCUT2D eigenvalue weighted by molar-refractivity contribution is -0.0760. The zero-order valence-corrected chi connectivity index (χ0v) is 15.3. The number of carbonyl (C=O) groups excluding carboxylic acids is 1. The van der Waals surface area contributed by atoms with Gasteiger partial charge in [-0.05, 0) is 24.0 Å². The van der Waals surface area contributed by atoms with E-state index in [1.807, 2.05) is 6.26 Å². The second-order valence-corrected chi connectivity index (χ2v) is 7.69. The average molecular weight is 367 g/mol. The van der Waals surface area contributed by atoms with Gasteiger partial charge in [-0.2, -0.15) is 0 Å². The molecule has 9 heteroatoms. The smallest absolute Gasteiger partial charge is 0.274 e. The second kappa shape index (κ2) is 7.29. The summed E-state index contributed by atoms with van der Waals surface area (Å²) in [5.41, 5.74) is 1.33. The third-order valence-corrected chi connectivity index (χ3v) is 5.00. The Morgan fingerprint density at radius 3 is 2.38 bits per heavy atom. The minimum absolute atomic E-state index is 0.186. The van der Waals surface area contributed by atoms with E-state index >= 15 is 0 Å². The Hall–Kier alpha value is -1.97. The lowest BCUT2D eigenvalue weighted by Crippen LogP contribution is -2.27. The highest BCUT2D eigenvalue weighted by Crippen LogP contribution is 2.26. The Morgan fingerprint density at radius 2 is 1.88 bits per heavy atom. The largest absolute Gasteiger partial charge is 0.296 e. The van der Waals surface area contributed by atoms with Gasteiger partial charge in [0.15, 0.2) is 15.0 Å². The first-order valence-electron chi connectivity index (χ1n) is 6.81. The van der Waals surface area contributed by atoms with Gasteiger partial charge in [-0.1, -0.05) is 23.9 Å². The summed E-state index contributed by atoms with van der Waals surface area (Å²) in [6.45, 7) is 0. The molecule has 24 heavy (non-hydrogen) atoms. The van der Waals surface area contributed by atoms with E-state index < -0.39 is 15.7 Å². The summed E-state index contributed by atoms with van der Waals surface area (Å²) in [6.07, 6.45) is 4.50. The number of nitrogens with zero attached hydrogens (tertiary/aromatic N) is 3. The molecule has 0 spiro atoms. The van der Waals surface area contributed by atoms with E-state index in [1.165, 1.54) is 38.1 Å². The molecule has 0 aliphatic rings. The molecule has 1 aromatic carbocycles. The van der Waals surface area contributed by atoms with Crippen LogP contribution in [0.2, 0.25) is 0 Å². The maximum Gasteiger partial charge on any atom is 0.296 e. The zero-order chi connectivity index (χ0) is 17.9. The number of benzene rings is 1. The lowest BCUT2D eigenvalue weighted by atomic mass is 10.1. The summed E-state index contributed by atoms with van der Waals surface area (Å²) < 4.78 is 23.1. The highest BCUT2D eigenvalue weighted by atomic mass is 32.2. The van der Waals surface area contributed by atoms with E-state index in [2.05, 4.69) is 9.97 Å². The summed E-state index contributed by atoms with van der Waals surface area (Å²) in [4.78, 5) is 26.1. The number of hydrogen-bond acceptors (Lipinski definition) is 7. The molecule has 1 heterocycles. The van der Waals surface area contributed by atoms with Crippen molar-refractivity contribution < 1.29 is 18.0 Å². The molecule has 0 saturated heterocycles. The third-order valence-electron chi connectivity index (χ3n) is 3.31. The summed E-state index contributed by atoms with van der Waals surface area (Å²) in [5, 5.41) is 1.53. The molecule has 1 aromatic heterocycles. The monoisotopic (exact) mass is 367 g/mol. The first-order chi connectivity index (χ1) is 11.3. The molecule has 0 aliphatic heterocycles. The van der Waals surface area contributed by atoms with Crippen molar-refractivity contribution in [3.8, 4) is 11.1 Å². The van der Waals surface area contributed by atoms with Gasteiger partial charge in [-0.25, -0.2) is 23.4 Å². The Labute approximate surface area is 144 Å². The van der Waals surface area contributed by atoms with E-state index in [9.17, 15) is 13.2 Å². The summed E-state index contributed by atoms with van der Waals surface area (Å²) >= 11 is 1.32. The van der Waals surface area contributed by atoms with Crippen LogP contribution in [-0.4, -0.2) is 56.0 Å². The highest BCUT2D eigenvalue weighted by molar-refractivity contribution is 7.98. The maximum absolute atomic E-state index is 12.5. The van der Waals surface area contributed by atoms with Crippen molar-refractivity contribution in [2.45, 2.75) is 10.1 Å². The van der Waals surface area contributed by atoms with Crippen molar-refractivity contribution in [3.63, 3.8) is 0 Å². The van der Waals surface area contributed by atoms with Gasteiger partial charge in [0.25, 0.3) is 5.91 Å². The molecule has 1 amide bonds. The Balaban J connectivity index is 2.55. The standard InChI is InChI=1S/C15H17N3O4S2/c1-18(22-2)14(19)13-12(9-16-15(17-13)23-3)10-5-7-11(8-6-10)24(4,20)21/h5-9H,1-4H3. The number of carbonyl (C=O) groups is 1. The van der Waals surface area contributed by atoms with Crippen molar-refractivity contribution in [1.82, 2.24) is 15.0 Å². The number of hydroxylamine groups is 2. The molecule has 0 unspecified atom stereocenters. The Bertz CT molecular complexity index is 852. The normalized spacial score (nSPS) is 11.3. The molecule has 0 aliphatic carbocycles. The van der Waals surface area contributed by atoms with Crippen LogP contribution in [0.4, 0.5) is 0 Å². The van der Waals surface area contributed by atoms with Gasteiger partial charge < -0.3 is 0 Å². The quantitative estimate of drug-likeness (QED) is 0.453. The number of thioether (sulfide) groups is 1. The fourth-order valence-corrected chi connectivity index (χ4v) is 2.92. The molecule has 2 rings (SSSR count). The number of sulfone groups is 1. The molecule has 0 bridgehead atoms. The zero-order valence-electron chi connectivity index (χ0n) is 13.7. The van der Waals surface area contributed by atoms with Gasteiger partial charge in [0.1, 0.15) is 5.69 Å². The van der Waals surface area contributed by atoms with Gasteiger partial charge in [0.05, 0.1) is 12.0 Å². The van der Waals surface area contributed by atoms with Crippen LogP contribution in [0, 0.1) is 0 Å². The van der Waals surface area contributed by atoms with Crippen LogP contribution in [0.15, 0.2) is 40.5 Å². The molecular formula is C15H17N3O4S2. The first-order valence-corrected chi connectivity index (χ1v) is 9.93. The van der Waals surface area contributed by atoms with Crippen LogP contribution in [0.25, 0.3) is 11.1 Å². The minimum Gasteiger partial charge on any atom is -0.274 e. The number of hydrogen-bond donors (Lipinski definition) is 0. The predicted molar refractivity (Wildman–Crippen MR) is 91.5 cm³/mol. The Morgan fingerprint density at radius 1 is 1.25 bits per heavy atom. The fourth-order valence-electron chi connectivity index (χ4n) is 1.95. The van der Waals surface area contributed by atoms with E-state index in [-0.39, 0.29) is 10.6 Å². The topological polar surface area (TPSA) is 89.5 Å². The fraction of sp³-hybridized carbons (Fsp3) is 0.267. The minimum atomic E-state index is -3.29. The van der Waals surface area contributed by atoms with Crippen molar-refractivity contribution in [3.05, 3.63) is 36.2 Å². The average Bonchev–Trinajstić information content (AvgIpc) is 2.59. The molecule has 2 aromatic rings. The van der Waals surface area contributed by atoms with Crippen molar-refractivity contribution in [2.24, 2.45) is 0 Å². The number of rotatable bonds is 5. The van der Waals surface area contributed by atoms with Crippen LogP contribution < -0.4 is 0 Å². The molecule has 0 N–H and O–H groups in total. The lowest BCUT2D eigenvalue weighted by Gasteiger charge is -2.16. The van der Waals surface area contributed by atoms with Crippen LogP contribution >= 0.6 is 11.8 Å². The molecule has 0 atom stereocenters. The molecule has 0 radical (unpaired) electrons. The van der Waals surface area contributed by atoms with Crippen molar-refractivity contribution >= 4 is 27.5 Å². The maximum atomic E-state index is 12.5. The van der Waals surface area contributed by atoms with E-state index in [4.69, 9.17) is 4.84 Å². The van der Waals surface area contributed by atoms with E-state index in [0.29, 0.717) is 16.3 Å². The van der Waals surface area contributed by atoms with Crippen LogP contribution in [-0.2, 0) is 14.7 Å². The van der Waals surface area contributed by atoms with Gasteiger partial charge in [-0.15, -0.1) is 0 Å². The van der Waals surface area contributed by atoms with E-state index in [1.54, 1.807) is 18.3 Å². The Kier molecular flexibility index (Phi) is 5.58. The molecule has 7 nitrogen and oxygen atoms in total. The van der Waals surface area contributed by atoms with Gasteiger partial charge in [-0.3, -0.25) is 9.63 Å². The van der Waals surface area contributed by atoms with E-state index in [0.717, 1.165) is 11.3 Å². The van der Waals surface area contributed by atoms with Gasteiger partial charge >= 0.3 is 0 Å².